The molecule has 0 radical (unpaired) electrons. The molecule has 0 saturated heterocycles. The molecule has 14 N–H and O–H groups in total. The molecule has 20 nitrogen and oxygen atoms in total. The number of carbonyl (C=O) groups excluding carboxylic acids is 7. The number of aliphatic hydroxyl groups is 5. The van der Waals surface area contributed by atoms with Crippen LogP contribution in [-0.2, 0) is 40.0 Å². The average Bonchev–Trinajstić information content (AvgIpc) is 3.40. The minimum atomic E-state index is -0.473. The second-order valence-electron chi connectivity index (χ2n) is 16.9. The van der Waals surface area contributed by atoms with Gasteiger partial charge in [0.25, 0.3) is 0 Å². The van der Waals surface area contributed by atoms with Gasteiger partial charge in [-0.1, -0.05) is 58.0 Å². The van der Waals surface area contributed by atoms with Crippen LogP contribution in [-0.4, -0.2) is 199 Å². The van der Waals surface area contributed by atoms with Gasteiger partial charge in [0, 0.05) is 90.2 Å². The number of likely N-dealkylation sites (N-methyl/N-ethyl adjacent to an activating group) is 4. The molecule has 3 amide bonds. The van der Waals surface area contributed by atoms with Crippen LogP contribution >= 0.6 is 23.5 Å². The van der Waals surface area contributed by atoms with E-state index in [9.17, 15) is 33.6 Å². The van der Waals surface area contributed by atoms with Crippen molar-refractivity contribution in [1.29, 1.82) is 0 Å². The van der Waals surface area contributed by atoms with Crippen LogP contribution in [0.15, 0.2) is 30.3 Å². The number of nitrogens with one attached hydrogen (secondary N) is 7. The molecule has 0 unspecified atom stereocenters. The molecule has 22 heteroatoms. The first kappa shape index (κ1) is 81.0. The van der Waals surface area contributed by atoms with Gasteiger partial charge >= 0.3 is 0 Å². The molecule has 0 saturated carbocycles. The van der Waals surface area contributed by atoms with Crippen LogP contribution in [0.4, 0.5) is 0 Å². The number of thioether (sulfide) groups is 2. The number of aliphatic hydroxyl groups excluding tert-OH is 5. The Morgan fingerprint density at radius 1 is 0.548 bits per heavy atom. The number of aldehydes is 1. The predicted octanol–water partition coefficient (Wildman–Crippen LogP) is 0.788. The van der Waals surface area contributed by atoms with Crippen molar-refractivity contribution >= 4 is 64.9 Å². The van der Waals surface area contributed by atoms with Crippen LogP contribution in [0.1, 0.15) is 84.6 Å². The monoisotopic (exact) mass is 1080 g/mol. The number of Topliss-reactive ketones (excluding diaryl/α,β-unsaturated/α-hetero) is 3. The summed E-state index contributed by atoms with van der Waals surface area (Å²) in [5.41, 5.74) is 5.57. The van der Waals surface area contributed by atoms with Crippen molar-refractivity contribution in [3.8, 4) is 0 Å². The van der Waals surface area contributed by atoms with Crippen molar-refractivity contribution in [1.82, 2.24) is 37.2 Å². The van der Waals surface area contributed by atoms with E-state index in [1.54, 1.807) is 42.3 Å². The van der Waals surface area contributed by atoms with E-state index in [2.05, 4.69) is 83.2 Å². The van der Waals surface area contributed by atoms with Gasteiger partial charge in [-0.2, -0.15) is 23.5 Å². The zero-order valence-corrected chi connectivity index (χ0v) is 48.7. The fraction of sp³-hybridized carbons (Fsp3) is 0.745. The molecule has 0 heterocycles. The van der Waals surface area contributed by atoms with Gasteiger partial charge in [-0.05, 0) is 104 Å². The minimum Gasteiger partial charge on any atom is -0.400 e. The molecule has 1 aromatic carbocycles. The maximum absolute atomic E-state index is 12.4. The van der Waals surface area contributed by atoms with Gasteiger partial charge in [-0.25, -0.2) is 0 Å². The quantitative estimate of drug-likeness (QED) is 0.0350. The molecular weight excluding hydrogens is 981 g/mol. The fourth-order valence-corrected chi connectivity index (χ4v) is 7.47. The van der Waals surface area contributed by atoms with E-state index in [1.807, 2.05) is 53.9 Å². The van der Waals surface area contributed by atoms with Gasteiger partial charge in [-0.3, -0.25) is 28.8 Å². The molecular formula is C51H102N8O12S2. The van der Waals surface area contributed by atoms with Gasteiger partial charge in [0.1, 0.15) is 6.29 Å². The minimum absolute atomic E-state index is 0.0107. The predicted molar refractivity (Wildman–Crippen MR) is 300 cm³/mol. The topological polar surface area (TPSA) is 331 Å². The van der Waals surface area contributed by atoms with Crippen LogP contribution in [0.5, 0.6) is 0 Å². The Kier molecular flexibility index (Phi) is 64.2. The zero-order chi connectivity index (χ0) is 57.7. The Hall–Kier alpha value is -3.39. The summed E-state index contributed by atoms with van der Waals surface area (Å²) in [6, 6.07) is 8.62. The number of benzene rings is 1. The maximum atomic E-state index is 12.4. The molecule has 0 fully saturated rings. The molecule has 0 bridgehead atoms. The standard InChI is InChI=1S/C16H24N2O3.2C13H26N2O3.C4H9NO2.C3H8S2.CH5N.CH4O/c1-17-14(10-12-6-4-3-5-7-12)15(20)11-13(8-9-19)16(21)18-2;2*1-9(2)7-11(14-3)12(17)8-10(5-6-16)13(18)15-4;1-5-4(2-6)3-7;1-4-3-5-2;2*1-2/h3-7,13-14,17,19H,8-11H2,1-2H3,(H,18,21);2*9-11,14,16H,5-8H2,1-4H3,(H,15,18);2,4-5,7H,3H2,1H3;3H2,1-2H3;2H2,1H3;2H,1H3/t13-,14+;2*10-,11+;4-;;;/m1111.../s1. The highest BCUT2D eigenvalue weighted by atomic mass is 32.2. The molecule has 1 rings (SSSR count). The smallest absolute Gasteiger partial charge is 0.223 e. The lowest BCUT2D eigenvalue weighted by molar-refractivity contribution is -0.130. The second kappa shape index (κ2) is 57.9. The van der Waals surface area contributed by atoms with Gasteiger partial charge in [-0.15, -0.1) is 0 Å². The molecule has 0 aliphatic rings. The first-order chi connectivity index (χ1) is 34.8. The number of amides is 3. The van der Waals surface area contributed by atoms with Crippen molar-refractivity contribution < 1.29 is 59.1 Å². The highest BCUT2D eigenvalue weighted by Gasteiger charge is 2.27. The highest BCUT2D eigenvalue weighted by Crippen LogP contribution is 2.16. The summed E-state index contributed by atoms with van der Waals surface area (Å²) in [4.78, 5) is 81.2. The van der Waals surface area contributed by atoms with Crippen LogP contribution in [0, 0.1) is 29.6 Å². The largest absolute Gasteiger partial charge is 0.400 e. The number of carbonyl (C=O) groups is 7. The maximum Gasteiger partial charge on any atom is 0.223 e. The van der Waals surface area contributed by atoms with E-state index in [0.717, 1.165) is 25.5 Å². The van der Waals surface area contributed by atoms with Gasteiger partial charge in [0.15, 0.2) is 17.3 Å². The van der Waals surface area contributed by atoms with E-state index >= 15 is 0 Å². The van der Waals surface area contributed by atoms with Crippen molar-refractivity contribution in [2.75, 3.05) is 108 Å². The summed E-state index contributed by atoms with van der Waals surface area (Å²) in [7, 11) is 14.0. The lowest BCUT2D eigenvalue weighted by Crippen LogP contribution is -2.39. The third kappa shape index (κ3) is 45.7. The Bertz CT molecular complexity index is 1430. The molecule has 0 aliphatic carbocycles. The third-order valence-electron chi connectivity index (χ3n) is 10.5. The Morgan fingerprint density at radius 3 is 1.05 bits per heavy atom. The highest BCUT2D eigenvalue weighted by molar-refractivity contribution is 8.15. The van der Waals surface area contributed by atoms with Crippen molar-refractivity contribution in [3.63, 3.8) is 0 Å². The van der Waals surface area contributed by atoms with Crippen LogP contribution in [0.2, 0.25) is 0 Å². The van der Waals surface area contributed by atoms with Crippen molar-refractivity contribution in [2.24, 2.45) is 35.3 Å². The van der Waals surface area contributed by atoms with Crippen LogP contribution in [0.3, 0.4) is 0 Å². The fourth-order valence-electron chi connectivity index (χ4n) is 6.52. The molecule has 0 spiro atoms. The number of rotatable bonds is 32. The lowest BCUT2D eigenvalue weighted by Gasteiger charge is -2.20. The van der Waals surface area contributed by atoms with E-state index in [0.29, 0.717) is 43.8 Å². The summed E-state index contributed by atoms with van der Waals surface area (Å²) in [6.07, 6.45) is 8.43. The van der Waals surface area contributed by atoms with E-state index < -0.39 is 17.8 Å². The summed E-state index contributed by atoms with van der Waals surface area (Å²) in [5.74, 6) is -1.01. The normalized spacial score (nSPS) is 13.0. The number of hydrogen-bond donors (Lipinski definition) is 13. The first-order valence-electron chi connectivity index (χ1n) is 24.6. The molecule has 0 aliphatic heterocycles. The first-order valence-corrected chi connectivity index (χ1v) is 27.4. The van der Waals surface area contributed by atoms with Gasteiger partial charge in [0.2, 0.25) is 17.7 Å². The van der Waals surface area contributed by atoms with E-state index in [4.69, 9.17) is 25.5 Å². The molecule has 7 atom stereocenters. The number of nitrogens with two attached hydrogens (primary N) is 1. The summed E-state index contributed by atoms with van der Waals surface area (Å²) in [5, 5.41) is 62.5. The van der Waals surface area contributed by atoms with Crippen LogP contribution < -0.4 is 43.0 Å². The Balaban J connectivity index is -0.000000201. The second-order valence-corrected chi connectivity index (χ2v) is 19.0. The van der Waals surface area contributed by atoms with Crippen molar-refractivity contribution in [2.45, 2.75) is 110 Å². The Morgan fingerprint density at radius 2 is 0.863 bits per heavy atom. The SMILES string of the molecule is CN.CNC(=O)[C@H](CCO)CC(=O)[C@H](CC(C)C)NC.CNC(=O)[C@H](CCO)CC(=O)[C@H](CC(C)C)NC.CNC(=O)[C@H](CCO)CC(=O)[C@H](Cc1ccccc1)NC.CN[C@H](C=O)CO.CO.CSCSC. The zero-order valence-electron chi connectivity index (χ0n) is 47.0. The summed E-state index contributed by atoms with van der Waals surface area (Å²) >= 11 is 3.73. The molecule has 430 valence electrons. The molecule has 0 aromatic heterocycles. The number of ketones is 3. The van der Waals surface area contributed by atoms with Gasteiger partial charge in [0.05, 0.1) is 30.8 Å². The number of hydrogen-bond acceptors (Lipinski definition) is 19. The third-order valence-corrected chi connectivity index (χ3v) is 12.4. The molecule has 73 heavy (non-hydrogen) atoms. The lowest BCUT2D eigenvalue weighted by atomic mass is 9.91. The summed E-state index contributed by atoms with van der Waals surface area (Å²) < 4.78 is 0. The van der Waals surface area contributed by atoms with E-state index in [1.165, 1.54) is 19.2 Å². The van der Waals surface area contributed by atoms with E-state index in [-0.39, 0.29) is 105 Å². The Labute approximate surface area is 447 Å². The average molecular weight is 1080 g/mol. The summed E-state index contributed by atoms with van der Waals surface area (Å²) in [6.45, 7) is 7.83. The van der Waals surface area contributed by atoms with Gasteiger partial charge < -0.3 is 73.3 Å². The molecule has 1 aromatic rings. The van der Waals surface area contributed by atoms with Crippen molar-refractivity contribution in [3.05, 3.63) is 35.9 Å². The van der Waals surface area contributed by atoms with Crippen LogP contribution in [0.25, 0.3) is 0 Å².